The molecule has 0 bridgehead atoms. The molecular weight excluding hydrogens is 394 g/mol. The van der Waals surface area contributed by atoms with Crippen LogP contribution in [0.5, 0.6) is 0 Å². The van der Waals surface area contributed by atoms with E-state index in [2.05, 4.69) is 11.5 Å². The highest BCUT2D eigenvalue weighted by Gasteiger charge is 2.28. The normalized spacial score (nSPS) is 14.0. The molecule has 0 saturated heterocycles. The molecule has 0 spiro atoms. The van der Waals surface area contributed by atoms with Crippen molar-refractivity contribution < 1.29 is 4.79 Å². The van der Waals surface area contributed by atoms with Gasteiger partial charge in [-0.05, 0) is 55.7 Å². The van der Waals surface area contributed by atoms with Crippen LogP contribution in [-0.4, -0.2) is 25.7 Å². The number of nitrogens with zero attached hydrogens (tertiary/aromatic N) is 3. The van der Waals surface area contributed by atoms with Gasteiger partial charge in [0.2, 0.25) is 0 Å². The lowest BCUT2D eigenvalue weighted by molar-refractivity contribution is 0.102. The fraction of sp³-hybridized carbons (Fsp3) is 0.292. The van der Waals surface area contributed by atoms with E-state index >= 15 is 0 Å². The maximum atomic E-state index is 12.9. The quantitative estimate of drug-likeness (QED) is 0.202. The summed E-state index contributed by atoms with van der Waals surface area (Å²) in [7, 11) is 1.72. The molecule has 152 valence electrons. The lowest BCUT2D eigenvalue weighted by atomic mass is 10.1. The maximum Gasteiger partial charge on any atom is 0.261 e. The number of hydrogen-bond acceptors (Lipinski definition) is 4. The molecule has 0 atom stereocenters. The molecule has 5 rings (SSSR count). The topological polar surface area (TPSA) is 56.9 Å². The molecule has 6 heteroatoms. The monoisotopic (exact) mass is 417 g/mol. The fourth-order valence-electron chi connectivity index (χ4n) is 4.23. The summed E-state index contributed by atoms with van der Waals surface area (Å²) in [5, 5.41) is 3.22. The first-order chi connectivity index (χ1) is 14.4. The third-order valence-corrected chi connectivity index (χ3v) is 6.96. The number of thioether (sulfide) groups is 1. The van der Waals surface area contributed by atoms with Crippen molar-refractivity contribution in [2.75, 3.05) is 5.75 Å². The van der Waals surface area contributed by atoms with Crippen molar-refractivity contribution in [2.45, 2.75) is 37.9 Å². The Balaban J connectivity index is 1.46. The Hall–Kier alpha value is -2.86. The van der Waals surface area contributed by atoms with Gasteiger partial charge in [0, 0.05) is 30.0 Å². The van der Waals surface area contributed by atoms with Crippen molar-refractivity contribution in [3.05, 3.63) is 69.8 Å². The predicted octanol–water partition coefficient (Wildman–Crippen LogP) is 4.81. The van der Waals surface area contributed by atoms with Gasteiger partial charge in [0.25, 0.3) is 5.56 Å². The van der Waals surface area contributed by atoms with Crippen molar-refractivity contribution in [1.82, 2.24) is 14.1 Å². The minimum atomic E-state index is -0.0902. The van der Waals surface area contributed by atoms with Gasteiger partial charge >= 0.3 is 0 Å². The number of aryl methyl sites for hydroxylation is 1. The Morgan fingerprint density at radius 2 is 1.83 bits per heavy atom. The number of hydrogen-bond donors (Lipinski definition) is 0. The molecule has 1 saturated carbocycles. The number of carbonyl (C=O) groups is 1. The Kier molecular flexibility index (Phi) is 4.54. The van der Waals surface area contributed by atoms with E-state index in [0.29, 0.717) is 22.1 Å². The van der Waals surface area contributed by atoms with E-state index in [-0.39, 0.29) is 17.1 Å². The molecule has 2 aromatic carbocycles. The summed E-state index contributed by atoms with van der Waals surface area (Å²) in [5.41, 5.74) is 3.55. The summed E-state index contributed by atoms with van der Waals surface area (Å²) < 4.78 is 3.83. The number of rotatable bonds is 5. The zero-order valence-electron chi connectivity index (χ0n) is 17.3. The summed E-state index contributed by atoms with van der Waals surface area (Å²) in [6.45, 7) is 4.09. The van der Waals surface area contributed by atoms with Crippen LogP contribution in [0.3, 0.4) is 0 Å². The van der Waals surface area contributed by atoms with Gasteiger partial charge in [-0.25, -0.2) is 4.98 Å². The van der Waals surface area contributed by atoms with Crippen LogP contribution in [-0.2, 0) is 7.05 Å². The van der Waals surface area contributed by atoms with E-state index < -0.39 is 0 Å². The Morgan fingerprint density at radius 1 is 1.13 bits per heavy atom. The van der Waals surface area contributed by atoms with Crippen molar-refractivity contribution in [1.29, 1.82) is 0 Å². The maximum absolute atomic E-state index is 12.9. The summed E-state index contributed by atoms with van der Waals surface area (Å²) in [4.78, 5) is 30.5. The van der Waals surface area contributed by atoms with E-state index in [1.165, 1.54) is 24.6 Å². The molecular formula is C24H23N3O2S. The first-order valence-electron chi connectivity index (χ1n) is 10.2. The van der Waals surface area contributed by atoms with Crippen LogP contribution in [0, 0.1) is 13.8 Å². The SMILES string of the molecule is Cc1cc(C(=O)CSc2nc3cc4ccccc4cc3c(=O)n2C)c(C)n1C1CC1. The molecule has 2 heterocycles. The number of fused-ring (bicyclic) bond motifs is 2. The Labute approximate surface area is 178 Å². The van der Waals surface area contributed by atoms with Crippen LogP contribution in [0.1, 0.15) is 40.6 Å². The second-order valence-electron chi connectivity index (χ2n) is 8.07. The van der Waals surface area contributed by atoms with Gasteiger partial charge in [-0.1, -0.05) is 36.0 Å². The molecule has 0 amide bonds. The third-order valence-electron chi connectivity index (χ3n) is 5.93. The van der Waals surface area contributed by atoms with Gasteiger partial charge < -0.3 is 4.57 Å². The molecule has 1 fully saturated rings. The van der Waals surface area contributed by atoms with Crippen molar-refractivity contribution in [3.8, 4) is 0 Å². The number of Topliss-reactive ketones (excluding diaryl/α,β-unsaturated/α-hetero) is 1. The molecule has 0 N–H and O–H groups in total. The standard InChI is InChI=1S/C24H23N3O2S/c1-14-10-19(15(2)27(14)18-8-9-18)22(28)13-30-24-25-21-12-17-7-5-4-6-16(17)11-20(21)23(29)26(24)3/h4-7,10-12,18H,8-9,13H2,1-3H3. The van der Waals surface area contributed by atoms with Gasteiger partial charge in [0.1, 0.15) is 0 Å². The van der Waals surface area contributed by atoms with Gasteiger partial charge in [-0.2, -0.15) is 0 Å². The zero-order valence-corrected chi connectivity index (χ0v) is 18.1. The lowest BCUT2D eigenvalue weighted by Crippen LogP contribution is -2.20. The van der Waals surface area contributed by atoms with E-state index in [9.17, 15) is 9.59 Å². The third kappa shape index (κ3) is 3.16. The second kappa shape index (κ2) is 7.13. The van der Waals surface area contributed by atoms with E-state index in [0.717, 1.165) is 27.7 Å². The van der Waals surface area contributed by atoms with Gasteiger partial charge in [-0.15, -0.1) is 0 Å². The van der Waals surface area contributed by atoms with E-state index in [1.807, 2.05) is 49.4 Å². The molecule has 5 nitrogen and oxygen atoms in total. The molecule has 0 radical (unpaired) electrons. The number of carbonyl (C=O) groups excluding carboxylic acids is 1. The van der Waals surface area contributed by atoms with Crippen molar-refractivity contribution in [3.63, 3.8) is 0 Å². The average Bonchev–Trinajstić information content (AvgIpc) is 3.52. The summed E-state index contributed by atoms with van der Waals surface area (Å²) in [5.74, 6) is 0.335. The van der Waals surface area contributed by atoms with Crippen LogP contribution in [0.4, 0.5) is 0 Å². The molecule has 0 aliphatic heterocycles. The largest absolute Gasteiger partial charge is 0.345 e. The van der Waals surface area contributed by atoms with Crippen molar-refractivity contribution in [2.24, 2.45) is 7.05 Å². The predicted molar refractivity (Wildman–Crippen MR) is 122 cm³/mol. The minimum Gasteiger partial charge on any atom is -0.345 e. The highest BCUT2D eigenvalue weighted by molar-refractivity contribution is 7.99. The smallest absolute Gasteiger partial charge is 0.261 e. The lowest BCUT2D eigenvalue weighted by Gasteiger charge is -2.10. The zero-order chi connectivity index (χ0) is 21.0. The molecule has 1 aliphatic rings. The van der Waals surface area contributed by atoms with Gasteiger partial charge in [0.15, 0.2) is 10.9 Å². The second-order valence-corrected chi connectivity index (χ2v) is 9.02. The number of benzene rings is 2. The number of aromatic nitrogens is 3. The highest BCUT2D eigenvalue weighted by Crippen LogP contribution is 2.38. The Bertz CT molecular complexity index is 1380. The summed E-state index contributed by atoms with van der Waals surface area (Å²) in [6.07, 6.45) is 2.38. The first-order valence-corrected chi connectivity index (χ1v) is 11.2. The molecule has 4 aromatic rings. The fourth-order valence-corrected chi connectivity index (χ4v) is 5.08. The summed E-state index contributed by atoms with van der Waals surface area (Å²) in [6, 6.07) is 14.3. The van der Waals surface area contributed by atoms with Gasteiger partial charge in [-0.3, -0.25) is 14.2 Å². The molecule has 1 aliphatic carbocycles. The average molecular weight is 418 g/mol. The summed E-state index contributed by atoms with van der Waals surface area (Å²) >= 11 is 1.33. The van der Waals surface area contributed by atoms with Gasteiger partial charge in [0.05, 0.1) is 16.7 Å². The highest BCUT2D eigenvalue weighted by atomic mass is 32.2. The molecule has 30 heavy (non-hydrogen) atoms. The molecule has 2 aromatic heterocycles. The van der Waals surface area contributed by atoms with Crippen LogP contribution < -0.4 is 5.56 Å². The minimum absolute atomic E-state index is 0.0767. The van der Waals surface area contributed by atoms with Crippen LogP contribution in [0.15, 0.2) is 52.4 Å². The molecule has 0 unspecified atom stereocenters. The Morgan fingerprint density at radius 3 is 2.53 bits per heavy atom. The van der Waals surface area contributed by atoms with Crippen LogP contribution in [0.25, 0.3) is 21.7 Å². The van der Waals surface area contributed by atoms with E-state index in [4.69, 9.17) is 4.98 Å². The van der Waals surface area contributed by atoms with Crippen LogP contribution >= 0.6 is 11.8 Å². The number of ketones is 1. The first kappa shape index (κ1) is 19.1. The van der Waals surface area contributed by atoms with E-state index in [1.54, 1.807) is 11.6 Å². The van der Waals surface area contributed by atoms with Crippen molar-refractivity contribution >= 4 is 39.2 Å². The van der Waals surface area contributed by atoms with Crippen LogP contribution in [0.2, 0.25) is 0 Å².